The molecule has 0 unspecified atom stereocenters. The van der Waals surface area contributed by atoms with Gasteiger partial charge in [-0.15, -0.1) is 0 Å². The predicted molar refractivity (Wildman–Crippen MR) is 103 cm³/mol. The number of urea groups is 1. The first-order valence-corrected chi connectivity index (χ1v) is 8.76. The van der Waals surface area contributed by atoms with Crippen LogP contribution in [0, 0.1) is 0 Å². The number of benzene rings is 1. The molecule has 146 valence electrons. The highest BCUT2D eigenvalue weighted by atomic mass is 16.5. The van der Waals surface area contributed by atoms with Gasteiger partial charge in [0.25, 0.3) is 0 Å². The third-order valence-electron chi connectivity index (χ3n) is 4.18. The van der Waals surface area contributed by atoms with E-state index in [2.05, 4.69) is 10.6 Å². The number of hydrogen-bond donors (Lipinski definition) is 2. The van der Waals surface area contributed by atoms with E-state index in [9.17, 15) is 14.4 Å². The molecule has 2 aliphatic rings. The van der Waals surface area contributed by atoms with E-state index in [0.29, 0.717) is 11.4 Å². The first-order valence-electron chi connectivity index (χ1n) is 8.76. The van der Waals surface area contributed by atoms with E-state index in [1.54, 1.807) is 42.6 Å². The van der Waals surface area contributed by atoms with Crippen LogP contribution in [0.4, 0.5) is 16.2 Å². The number of methoxy groups -OCH3 is 2. The first-order chi connectivity index (χ1) is 13.5. The van der Waals surface area contributed by atoms with Crippen molar-refractivity contribution in [2.75, 3.05) is 24.4 Å². The Hall–Kier alpha value is -3.55. The standard InChI is InChI=1S/C20H21N3O5/c1-27-18(24)16-8-3-4-11-23(17(16)19(25)28-2)15-7-5-6-14(12-15)22-20(26)21-13-9-10-13/h3-8,11-13H,9-10H2,1-2H3,(H2,21,22,26). The molecule has 8 heteroatoms. The minimum Gasteiger partial charge on any atom is -0.465 e. The van der Waals surface area contributed by atoms with Crippen molar-refractivity contribution < 1.29 is 23.9 Å². The van der Waals surface area contributed by atoms with Crippen LogP contribution in [0.25, 0.3) is 0 Å². The summed E-state index contributed by atoms with van der Waals surface area (Å²) in [4.78, 5) is 38.2. The van der Waals surface area contributed by atoms with Gasteiger partial charge in [-0.25, -0.2) is 14.4 Å². The lowest BCUT2D eigenvalue weighted by Gasteiger charge is -2.23. The average molecular weight is 383 g/mol. The van der Waals surface area contributed by atoms with Crippen molar-refractivity contribution in [2.45, 2.75) is 18.9 Å². The molecule has 0 bridgehead atoms. The molecule has 0 radical (unpaired) electrons. The van der Waals surface area contributed by atoms with Crippen molar-refractivity contribution in [2.24, 2.45) is 0 Å². The number of allylic oxidation sites excluding steroid dienone is 2. The molecule has 3 rings (SSSR count). The van der Waals surface area contributed by atoms with Crippen LogP contribution >= 0.6 is 0 Å². The van der Waals surface area contributed by atoms with Crippen LogP contribution in [-0.2, 0) is 19.1 Å². The number of esters is 2. The normalized spacial score (nSPS) is 15.7. The van der Waals surface area contributed by atoms with Crippen LogP contribution < -0.4 is 15.5 Å². The Bertz CT molecular complexity index is 884. The highest BCUT2D eigenvalue weighted by Crippen LogP contribution is 2.28. The van der Waals surface area contributed by atoms with Crippen molar-refractivity contribution in [1.82, 2.24) is 5.32 Å². The van der Waals surface area contributed by atoms with Gasteiger partial charge >= 0.3 is 18.0 Å². The first kappa shape index (κ1) is 19.2. The van der Waals surface area contributed by atoms with E-state index in [4.69, 9.17) is 9.47 Å². The van der Waals surface area contributed by atoms with E-state index < -0.39 is 11.9 Å². The number of carbonyl (C=O) groups excluding carboxylic acids is 3. The molecule has 0 aromatic heterocycles. The molecule has 0 spiro atoms. The maximum absolute atomic E-state index is 12.4. The van der Waals surface area contributed by atoms with Crippen LogP contribution in [0.2, 0.25) is 0 Å². The quantitative estimate of drug-likeness (QED) is 0.758. The second-order valence-corrected chi connectivity index (χ2v) is 6.24. The molecular formula is C20H21N3O5. The van der Waals surface area contributed by atoms with E-state index in [1.165, 1.54) is 25.2 Å². The molecule has 1 fully saturated rings. The summed E-state index contributed by atoms with van der Waals surface area (Å²) in [5.74, 6) is -1.36. The van der Waals surface area contributed by atoms with Crippen LogP contribution in [0.3, 0.4) is 0 Å². The number of nitrogens with zero attached hydrogens (tertiary/aromatic N) is 1. The molecule has 1 aromatic carbocycles. The van der Waals surface area contributed by atoms with Crippen molar-refractivity contribution in [3.63, 3.8) is 0 Å². The molecule has 1 aliphatic heterocycles. The fourth-order valence-corrected chi connectivity index (χ4v) is 2.68. The summed E-state index contributed by atoms with van der Waals surface area (Å²) in [5, 5.41) is 5.62. The number of hydrogen-bond acceptors (Lipinski definition) is 6. The molecule has 1 heterocycles. The maximum Gasteiger partial charge on any atom is 0.355 e. The third kappa shape index (κ3) is 4.40. The molecule has 2 N–H and O–H groups in total. The zero-order valence-corrected chi connectivity index (χ0v) is 15.6. The van der Waals surface area contributed by atoms with Gasteiger partial charge in [-0.2, -0.15) is 0 Å². The molecule has 1 aliphatic carbocycles. The number of nitrogens with one attached hydrogen (secondary N) is 2. The van der Waals surface area contributed by atoms with Gasteiger partial charge < -0.3 is 25.0 Å². The van der Waals surface area contributed by atoms with Gasteiger partial charge in [0.05, 0.1) is 19.8 Å². The summed E-state index contributed by atoms with van der Waals surface area (Å²) in [6.07, 6.45) is 8.40. The van der Waals surface area contributed by atoms with Crippen LogP contribution in [-0.4, -0.2) is 38.2 Å². The van der Waals surface area contributed by atoms with Gasteiger partial charge in [-0.05, 0) is 43.2 Å². The number of carbonyl (C=O) groups is 3. The Morgan fingerprint density at radius 2 is 1.82 bits per heavy atom. The van der Waals surface area contributed by atoms with Gasteiger partial charge in [0.1, 0.15) is 5.70 Å². The Labute approximate surface area is 162 Å². The second-order valence-electron chi connectivity index (χ2n) is 6.24. The Kier molecular flexibility index (Phi) is 5.78. The summed E-state index contributed by atoms with van der Waals surface area (Å²) in [7, 11) is 2.48. The highest BCUT2D eigenvalue weighted by Gasteiger charge is 2.28. The van der Waals surface area contributed by atoms with Crippen molar-refractivity contribution >= 4 is 29.3 Å². The van der Waals surface area contributed by atoms with Gasteiger partial charge in [0.15, 0.2) is 0 Å². The lowest BCUT2D eigenvalue weighted by atomic mass is 10.1. The molecule has 28 heavy (non-hydrogen) atoms. The molecule has 0 atom stereocenters. The average Bonchev–Trinajstić information content (AvgIpc) is 3.52. The van der Waals surface area contributed by atoms with Crippen LogP contribution in [0.1, 0.15) is 12.8 Å². The monoisotopic (exact) mass is 383 g/mol. The minimum absolute atomic E-state index is 0.0129. The van der Waals surface area contributed by atoms with Crippen molar-refractivity contribution in [3.8, 4) is 0 Å². The summed E-state index contributed by atoms with van der Waals surface area (Å²) >= 11 is 0. The summed E-state index contributed by atoms with van der Waals surface area (Å²) < 4.78 is 9.67. The van der Waals surface area contributed by atoms with Gasteiger partial charge in [0, 0.05) is 23.6 Å². The van der Waals surface area contributed by atoms with E-state index >= 15 is 0 Å². The van der Waals surface area contributed by atoms with Crippen LogP contribution in [0.15, 0.2) is 60.0 Å². The SMILES string of the molecule is COC(=O)C1=C(C(=O)OC)N(c2cccc(NC(=O)NC3CC3)c2)C=CC=C1. The Morgan fingerprint density at radius 1 is 1.07 bits per heavy atom. The molecule has 1 saturated carbocycles. The number of ether oxygens (including phenoxy) is 2. The van der Waals surface area contributed by atoms with Gasteiger partial charge in [0.2, 0.25) is 0 Å². The summed E-state index contributed by atoms with van der Waals surface area (Å²) in [6, 6.07) is 6.86. The zero-order valence-electron chi connectivity index (χ0n) is 15.6. The molecule has 0 saturated heterocycles. The fraction of sp³-hybridized carbons (Fsp3) is 0.250. The number of anilines is 2. The van der Waals surface area contributed by atoms with E-state index in [-0.39, 0.29) is 23.3 Å². The Balaban J connectivity index is 1.95. The largest absolute Gasteiger partial charge is 0.465 e. The fourth-order valence-electron chi connectivity index (χ4n) is 2.68. The maximum atomic E-state index is 12.4. The second kappa shape index (κ2) is 8.43. The van der Waals surface area contributed by atoms with Crippen molar-refractivity contribution in [3.05, 3.63) is 60.0 Å². The summed E-state index contributed by atoms with van der Waals surface area (Å²) in [6.45, 7) is 0. The molecule has 8 nitrogen and oxygen atoms in total. The number of rotatable bonds is 5. The molecular weight excluding hydrogens is 362 g/mol. The van der Waals surface area contributed by atoms with Crippen molar-refractivity contribution in [1.29, 1.82) is 0 Å². The predicted octanol–water partition coefficient (Wildman–Crippen LogP) is 2.46. The van der Waals surface area contributed by atoms with E-state index in [0.717, 1.165) is 12.8 Å². The Morgan fingerprint density at radius 3 is 2.50 bits per heavy atom. The smallest absolute Gasteiger partial charge is 0.355 e. The highest BCUT2D eigenvalue weighted by molar-refractivity contribution is 6.05. The lowest BCUT2D eigenvalue weighted by Crippen LogP contribution is -2.30. The topological polar surface area (TPSA) is 97.0 Å². The zero-order chi connectivity index (χ0) is 20.1. The van der Waals surface area contributed by atoms with Gasteiger partial charge in [-0.3, -0.25) is 0 Å². The third-order valence-corrected chi connectivity index (χ3v) is 4.18. The van der Waals surface area contributed by atoms with Gasteiger partial charge in [-0.1, -0.05) is 12.1 Å². The van der Waals surface area contributed by atoms with Crippen LogP contribution in [0.5, 0.6) is 0 Å². The minimum atomic E-state index is -0.693. The number of amides is 2. The van der Waals surface area contributed by atoms with E-state index in [1.807, 2.05) is 0 Å². The lowest BCUT2D eigenvalue weighted by molar-refractivity contribution is -0.139. The molecule has 1 aromatic rings. The summed E-state index contributed by atoms with van der Waals surface area (Å²) in [5.41, 5.74) is 1.18. The molecule has 2 amide bonds.